The quantitative estimate of drug-likeness (QED) is 0.825. The standard InChI is InChI=1S/C10H10F3NO/c11-10(12,13)8-4-3-7(5-15)9(14-8)6-1-2-6/h3-4,6,15H,1-2,5H2. The molecule has 1 heterocycles. The van der Waals surface area contributed by atoms with Gasteiger partial charge in [-0.05, 0) is 24.5 Å². The van der Waals surface area contributed by atoms with Gasteiger partial charge in [0.2, 0.25) is 0 Å². The van der Waals surface area contributed by atoms with E-state index in [1.165, 1.54) is 6.07 Å². The average molecular weight is 217 g/mol. The van der Waals surface area contributed by atoms with Crippen molar-refractivity contribution >= 4 is 0 Å². The number of alkyl halides is 3. The van der Waals surface area contributed by atoms with Gasteiger partial charge in [0.25, 0.3) is 0 Å². The van der Waals surface area contributed by atoms with Crippen LogP contribution in [-0.4, -0.2) is 10.1 Å². The van der Waals surface area contributed by atoms with Gasteiger partial charge in [-0.1, -0.05) is 6.07 Å². The van der Waals surface area contributed by atoms with E-state index in [0.717, 1.165) is 18.9 Å². The number of hydrogen-bond acceptors (Lipinski definition) is 2. The normalized spacial score (nSPS) is 16.8. The Balaban J connectivity index is 2.40. The molecule has 1 aliphatic carbocycles. The van der Waals surface area contributed by atoms with Crippen LogP contribution in [0.15, 0.2) is 12.1 Å². The molecule has 82 valence electrons. The highest BCUT2D eigenvalue weighted by Crippen LogP contribution is 2.41. The molecule has 1 N–H and O–H groups in total. The number of hydrogen-bond donors (Lipinski definition) is 1. The van der Waals surface area contributed by atoms with E-state index in [-0.39, 0.29) is 12.5 Å². The Morgan fingerprint density at radius 2 is 2.00 bits per heavy atom. The predicted octanol–water partition coefficient (Wildman–Crippen LogP) is 2.47. The average Bonchev–Trinajstić information content (AvgIpc) is 2.98. The molecule has 0 unspecified atom stereocenters. The van der Waals surface area contributed by atoms with E-state index in [9.17, 15) is 13.2 Å². The maximum atomic E-state index is 12.4. The zero-order chi connectivity index (χ0) is 11.1. The highest BCUT2D eigenvalue weighted by Gasteiger charge is 2.35. The van der Waals surface area contributed by atoms with E-state index in [2.05, 4.69) is 4.98 Å². The Kier molecular flexibility index (Phi) is 2.42. The fourth-order valence-corrected chi connectivity index (χ4v) is 1.51. The number of aliphatic hydroxyl groups excluding tert-OH is 1. The van der Waals surface area contributed by atoms with Crippen LogP contribution in [0.5, 0.6) is 0 Å². The maximum Gasteiger partial charge on any atom is 0.433 e. The van der Waals surface area contributed by atoms with Crippen molar-refractivity contribution in [1.82, 2.24) is 4.98 Å². The van der Waals surface area contributed by atoms with Crippen LogP contribution in [0.4, 0.5) is 13.2 Å². The summed E-state index contributed by atoms with van der Waals surface area (Å²) in [6.07, 6.45) is -2.68. The minimum absolute atomic E-state index is 0.106. The first-order valence-corrected chi connectivity index (χ1v) is 4.70. The number of rotatable bonds is 2. The molecule has 0 amide bonds. The largest absolute Gasteiger partial charge is 0.433 e. The van der Waals surface area contributed by atoms with Crippen LogP contribution in [0.3, 0.4) is 0 Å². The third-order valence-corrected chi connectivity index (χ3v) is 2.44. The summed E-state index contributed by atoms with van der Waals surface area (Å²) in [5.74, 6) is 0.106. The van der Waals surface area contributed by atoms with Crippen molar-refractivity contribution in [2.24, 2.45) is 0 Å². The van der Waals surface area contributed by atoms with Crippen molar-refractivity contribution in [2.45, 2.75) is 31.5 Å². The van der Waals surface area contributed by atoms with Crippen molar-refractivity contribution in [3.8, 4) is 0 Å². The first-order valence-electron chi connectivity index (χ1n) is 4.70. The number of aromatic nitrogens is 1. The van der Waals surface area contributed by atoms with Gasteiger partial charge in [0.1, 0.15) is 5.69 Å². The van der Waals surface area contributed by atoms with Gasteiger partial charge >= 0.3 is 6.18 Å². The van der Waals surface area contributed by atoms with E-state index in [1.807, 2.05) is 0 Å². The number of halogens is 3. The summed E-state index contributed by atoms with van der Waals surface area (Å²) in [5, 5.41) is 8.97. The lowest BCUT2D eigenvalue weighted by Gasteiger charge is -2.10. The third kappa shape index (κ3) is 2.12. The van der Waals surface area contributed by atoms with Gasteiger partial charge in [0, 0.05) is 11.6 Å². The molecule has 1 aromatic rings. The smallest absolute Gasteiger partial charge is 0.392 e. The molecule has 1 aliphatic rings. The molecule has 2 rings (SSSR count). The summed E-state index contributed by atoms with van der Waals surface area (Å²) in [5.41, 5.74) is 0.0411. The van der Waals surface area contributed by atoms with Gasteiger partial charge in [-0.25, -0.2) is 4.98 Å². The zero-order valence-corrected chi connectivity index (χ0v) is 7.88. The molecule has 5 heteroatoms. The second kappa shape index (κ2) is 3.48. The Bertz CT molecular complexity index is 371. The molecule has 0 bridgehead atoms. The van der Waals surface area contributed by atoms with Gasteiger partial charge in [-0.2, -0.15) is 13.2 Å². The van der Waals surface area contributed by atoms with Gasteiger partial charge in [-0.3, -0.25) is 0 Å². The highest BCUT2D eigenvalue weighted by atomic mass is 19.4. The van der Waals surface area contributed by atoms with Crippen LogP contribution >= 0.6 is 0 Å². The SMILES string of the molecule is OCc1ccc(C(F)(F)F)nc1C1CC1. The van der Waals surface area contributed by atoms with E-state index in [4.69, 9.17) is 5.11 Å². The lowest BCUT2D eigenvalue weighted by molar-refractivity contribution is -0.141. The number of aliphatic hydroxyl groups is 1. The molecular formula is C10H10F3NO. The Hall–Kier alpha value is -1.10. The van der Waals surface area contributed by atoms with Gasteiger partial charge < -0.3 is 5.11 Å². The molecule has 15 heavy (non-hydrogen) atoms. The number of nitrogens with zero attached hydrogens (tertiary/aromatic N) is 1. The van der Waals surface area contributed by atoms with Crippen molar-refractivity contribution in [1.29, 1.82) is 0 Å². The van der Waals surface area contributed by atoms with Crippen molar-refractivity contribution in [2.75, 3.05) is 0 Å². The first-order chi connectivity index (χ1) is 7.02. The Morgan fingerprint density at radius 3 is 2.47 bits per heavy atom. The lowest BCUT2D eigenvalue weighted by atomic mass is 10.1. The monoisotopic (exact) mass is 217 g/mol. The maximum absolute atomic E-state index is 12.4. The summed E-state index contributed by atoms with van der Waals surface area (Å²) < 4.78 is 37.1. The fraction of sp³-hybridized carbons (Fsp3) is 0.500. The van der Waals surface area contributed by atoms with Crippen LogP contribution in [0.1, 0.15) is 35.7 Å². The fourth-order valence-electron chi connectivity index (χ4n) is 1.51. The molecule has 2 nitrogen and oxygen atoms in total. The third-order valence-electron chi connectivity index (χ3n) is 2.44. The predicted molar refractivity (Wildman–Crippen MR) is 47.1 cm³/mol. The van der Waals surface area contributed by atoms with E-state index < -0.39 is 11.9 Å². The molecule has 1 saturated carbocycles. The van der Waals surface area contributed by atoms with Crippen LogP contribution in [0.25, 0.3) is 0 Å². The first kappa shape index (κ1) is 10.4. The molecule has 0 atom stereocenters. The van der Waals surface area contributed by atoms with Gasteiger partial charge in [0.05, 0.1) is 6.61 Å². The summed E-state index contributed by atoms with van der Waals surface area (Å²) >= 11 is 0. The molecule has 0 saturated heterocycles. The molecule has 1 fully saturated rings. The van der Waals surface area contributed by atoms with Gasteiger partial charge in [0.15, 0.2) is 0 Å². The van der Waals surface area contributed by atoms with Crippen molar-refractivity contribution in [3.05, 3.63) is 29.1 Å². The van der Waals surface area contributed by atoms with E-state index >= 15 is 0 Å². The molecule has 0 radical (unpaired) electrons. The molecule has 0 aliphatic heterocycles. The minimum Gasteiger partial charge on any atom is -0.392 e. The topological polar surface area (TPSA) is 33.1 Å². The molecule has 1 aromatic heterocycles. The molecule has 0 spiro atoms. The van der Waals surface area contributed by atoms with E-state index in [1.54, 1.807) is 0 Å². The number of pyridine rings is 1. The van der Waals surface area contributed by atoms with Crippen molar-refractivity contribution < 1.29 is 18.3 Å². The van der Waals surface area contributed by atoms with E-state index in [0.29, 0.717) is 11.3 Å². The second-order valence-electron chi connectivity index (χ2n) is 3.67. The summed E-state index contributed by atoms with van der Waals surface area (Å²) in [7, 11) is 0. The van der Waals surface area contributed by atoms with Gasteiger partial charge in [-0.15, -0.1) is 0 Å². The Morgan fingerprint density at radius 1 is 1.33 bits per heavy atom. The second-order valence-corrected chi connectivity index (χ2v) is 3.67. The summed E-state index contributed by atoms with van der Waals surface area (Å²) in [6, 6.07) is 2.22. The zero-order valence-electron chi connectivity index (χ0n) is 7.88. The lowest BCUT2D eigenvalue weighted by Crippen LogP contribution is -2.10. The van der Waals surface area contributed by atoms with Crippen molar-refractivity contribution in [3.63, 3.8) is 0 Å². The van der Waals surface area contributed by atoms with Crippen LogP contribution < -0.4 is 0 Å². The summed E-state index contributed by atoms with van der Waals surface area (Å²) in [4.78, 5) is 3.59. The van der Waals surface area contributed by atoms with Crippen LogP contribution in [0, 0.1) is 0 Å². The Labute approximate surface area is 84.8 Å². The summed E-state index contributed by atoms with van der Waals surface area (Å²) in [6.45, 7) is -0.253. The molecule has 0 aromatic carbocycles. The van der Waals surface area contributed by atoms with Crippen LogP contribution in [-0.2, 0) is 12.8 Å². The van der Waals surface area contributed by atoms with Crippen LogP contribution in [0.2, 0.25) is 0 Å². The minimum atomic E-state index is -4.41. The molecular weight excluding hydrogens is 207 g/mol. The highest BCUT2D eigenvalue weighted by molar-refractivity contribution is 5.29.